The third kappa shape index (κ3) is 1.60. The first-order valence-electron chi connectivity index (χ1n) is 6.20. The first-order valence-corrected chi connectivity index (χ1v) is 6.20. The second-order valence-corrected chi connectivity index (χ2v) is 4.56. The van der Waals surface area contributed by atoms with Gasteiger partial charge in [-0.1, -0.05) is 12.1 Å². The first-order chi connectivity index (χ1) is 8.31. The Hall–Kier alpha value is -1.55. The number of nitrogens with zero attached hydrogens (tertiary/aromatic N) is 3. The van der Waals surface area contributed by atoms with E-state index in [0.29, 0.717) is 6.04 Å². The van der Waals surface area contributed by atoms with Crippen molar-refractivity contribution in [3.8, 4) is 0 Å². The lowest BCUT2D eigenvalue weighted by Gasteiger charge is -2.38. The molecule has 0 radical (unpaired) electrons. The van der Waals surface area contributed by atoms with E-state index in [2.05, 4.69) is 47.0 Å². The van der Waals surface area contributed by atoms with Gasteiger partial charge in [0.1, 0.15) is 0 Å². The Bertz CT molecular complexity index is 527. The molecule has 0 aliphatic carbocycles. The van der Waals surface area contributed by atoms with Crippen molar-refractivity contribution in [1.29, 1.82) is 0 Å². The van der Waals surface area contributed by atoms with Gasteiger partial charge in [-0.25, -0.2) is 4.98 Å². The second kappa shape index (κ2) is 4.04. The van der Waals surface area contributed by atoms with Gasteiger partial charge >= 0.3 is 0 Å². The molecule has 1 aliphatic rings. The number of para-hydroxylation sites is 2. The van der Waals surface area contributed by atoms with Gasteiger partial charge in [0.25, 0.3) is 0 Å². The summed E-state index contributed by atoms with van der Waals surface area (Å²) in [6.45, 7) is 5.33. The van der Waals surface area contributed by atoms with Crippen LogP contribution in [0.25, 0.3) is 11.0 Å². The molecule has 2 heterocycles. The third-order valence-corrected chi connectivity index (χ3v) is 3.56. The zero-order valence-electron chi connectivity index (χ0n) is 10.3. The molecule has 0 unspecified atom stereocenters. The molecule has 2 aromatic rings. The second-order valence-electron chi connectivity index (χ2n) is 4.56. The lowest BCUT2D eigenvalue weighted by Crippen LogP contribution is -2.58. The molecule has 1 N–H and O–H groups in total. The Morgan fingerprint density at radius 3 is 2.76 bits per heavy atom. The van der Waals surface area contributed by atoms with Gasteiger partial charge in [0.2, 0.25) is 5.95 Å². The van der Waals surface area contributed by atoms with Gasteiger partial charge < -0.3 is 14.8 Å². The monoisotopic (exact) mass is 230 g/mol. The van der Waals surface area contributed by atoms with Crippen molar-refractivity contribution in [1.82, 2.24) is 14.9 Å². The van der Waals surface area contributed by atoms with Crippen LogP contribution in [0.5, 0.6) is 0 Å². The van der Waals surface area contributed by atoms with Gasteiger partial charge in [-0.2, -0.15) is 0 Å². The molecule has 1 saturated heterocycles. The highest BCUT2D eigenvalue weighted by molar-refractivity contribution is 5.78. The number of anilines is 1. The Labute approximate surface area is 101 Å². The van der Waals surface area contributed by atoms with Crippen molar-refractivity contribution in [2.45, 2.75) is 13.0 Å². The number of likely N-dealkylation sites (N-methyl/N-ethyl adjacent to an activating group) is 1. The minimum atomic E-state index is 0.593. The highest BCUT2D eigenvalue weighted by atomic mass is 15.3. The lowest BCUT2D eigenvalue weighted by atomic mass is 10.1. The van der Waals surface area contributed by atoms with Gasteiger partial charge in [-0.3, -0.25) is 0 Å². The summed E-state index contributed by atoms with van der Waals surface area (Å²) >= 11 is 0. The molecule has 0 spiro atoms. The van der Waals surface area contributed by atoms with Crippen LogP contribution in [0.1, 0.15) is 6.92 Å². The topological polar surface area (TPSA) is 33.1 Å². The standard InChI is InChI=1S/C13H18N4/c1-3-17(10-8-14-9-10)13-15-11-6-4-5-7-12(11)16(13)2/h4-7,10,14H,3,8-9H2,1-2H3. The molecule has 17 heavy (non-hydrogen) atoms. The van der Waals surface area contributed by atoms with Crippen LogP contribution in [0.15, 0.2) is 24.3 Å². The van der Waals surface area contributed by atoms with E-state index in [9.17, 15) is 0 Å². The summed E-state index contributed by atoms with van der Waals surface area (Å²) in [6.07, 6.45) is 0. The van der Waals surface area contributed by atoms with Gasteiger partial charge in [0.05, 0.1) is 17.1 Å². The van der Waals surface area contributed by atoms with E-state index < -0.39 is 0 Å². The van der Waals surface area contributed by atoms with Crippen LogP contribution in [0.3, 0.4) is 0 Å². The average molecular weight is 230 g/mol. The van der Waals surface area contributed by atoms with E-state index in [-0.39, 0.29) is 0 Å². The molecule has 0 bridgehead atoms. The highest BCUT2D eigenvalue weighted by Crippen LogP contribution is 2.23. The average Bonchev–Trinajstić information content (AvgIpc) is 2.62. The fourth-order valence-corrected chi connectivity index (χ4v) is 2.45. The fourth-order valence-electron chi connectivity index (χ4n) is 2.45. The van der Waals surface area contributed by atoms with Gasteiger partial charge in [0.15, 0.2) is 0 Å². The molecule has 90 valence electrons. The highest BCUT2D eigenvalue weighted by Gasteiger charge is 2.26. The Balaban J connectivity index is 2.06. The van der Waals surface area contributed by atoms with E-state index in [4.69, 9.17) is 4.98 Å². The first kappa shape index (κ1) is 10.6. The number of imidazole rings is 1. The van der Waals surface area contributed by atoms with Crippen molar-refractivity contribution in [2.24, 2.45) is 7.05 Å². The molecule has 3 rings (SSSR count). The van der Waals surface area contributed by atoms with E-state index >= 15 is 0 Å². The molecule has 1 aliphatic heterocycles. The molecular formula is C13H18N4. The predicted molar refractivity (Wildman–Crippen MR) is 70.4 cm³/mol. The van der Waals surface area contributed by atoms with Crippen LogP contribution in [-0.2, 0) is 7.05 Å². The van der Waals surface area contributed by atoms with Crippen molar-refractivity contribution < 1.29 is 0 Å². The number of hydrogen-bond acceptors (Lipinski definition) is 3. The number of fused-ring (bicyclic) bond motifs is 1. The summed E-state index contributed by atoms with van der Waals surface area (Å²) in [7, 11) is 2.10. The zero-order valence-corrected chi connectivity index (χ0v) is 10.3. The summed E-state index contributed by atoms with van der Waals surface area (Å²) in [5.74, 6) is 1.08. The van der Waals surface area contributed by atoms with Gasteiger partial charge in [-0.05, 0) is 19.1 Å². The Morgan fingerprint density at radius 1 is 1.41 bits per heavy atom. The summed E-state index contributed by atoms with van der Waals surface area (Å²) in [5, 5.41) is 3.32. The van der Waals surface area contributed by atoms with Crippen LogP contribution in [0.2, 0.25) is 0 Å². The number of benzene rings is 1. The molecule has 4 nitrogen and oxygen atoms in total. The molecule has 1 aromatic heterocycles. The van der Waals surface area contributed by atoms with Crippen LogP contribution < -0.4 is 10.2 Å². The number of nitrogens with one attached hydrogen (secondary N) is 1. The van der Waals surface area contributed by atoms with Crippen LogP contribution in [0, 0.1) is 0 Å². The van der Waals surface area contributed by atoms with Crippen molar-refractivity contribution in [3.63, 3.8) is 0 Å². The van der Waals surface area contributed by atoms with Crippen molar-refractivity contribution in [2.75, 3.05) is 24.5 Å². The van der Waals surface area contributed by atoms with Crippen LogP contribution >= 0.6 is 0 Å². The van der Waals surface area contributed by atoms with E-state index in [1.165, 1.54) is 5.52 Å². The molecule has 4 heteroatoms. The SMILES string of the molecule is CCN(c1nc2ccccc2n1C)C1CNC1. The molecular weight excluding hydrogens is 212 g/mol. The number of rotatable bonds is 3. The van der Waals surface area contributed by atoms with Crippen LogP contribution in [-0.4, -0.2) is 35.2 Å². The van der Waals surface area contributed by atoms with Crippen LogP contribution in [0.4, 0.5) is 5.95 Å². The van der Waals surface area contributed by atoms with Crippen molar-refractivity contribution >= 4 is 17.0 Å². The quantitative estimate of drug-likeness (QED) is 0.864. The summed E-state index contributed by atoms with van der Waals surface area (Å²) < 4.78 is 2.19. The summed E-state index contributed by atoms with van der Waals surface area (Å²) in [4.78, 5) is 7.13. The maximum Gasteiger partial charge on any atom is 0.206 e. The number of aryl methyl sites for hydroxylation is 1. The molecule has 1 aromatic carbocycles. The molecule has 0 amide bonds. The van der Waals surface area contributed by atoms with E-state index in [1.54, 1.807) is 0 Å². The minimum Gasteiger partial charge on any atom is -0.337 e. The zero-order chi connectivity index (χ0) is 11.8. The Kier molecular flexibility index (Phi) is 2.52. The lowest BCUT2D eigenvalue weighted by molar-refractivity contribution is 0.411. The van der Waals surface area contributed by atoms with Gasteiger partial charge in [0, 0.05) is 26.7 Å². The normalized spacial score (nSPS) is 16.1. The smallest absolute Gasteiger partial charge is 0.206 e. The maximum atomic E-state index is 4.75. The van der Waals surface area contributed by atoms with Gasteiger partial charge in [-0.15, -0.1) is 0 Å². The summed E-state index contributed by atoms with van der Waals surface area (Å²) in [5.41, 5.74) is 2.28. The summed E-state index contributed by atoms with van der Waals surface area (Å²) in [6, 6.07) is 8.90. The third-order valence-electron chi connectivity index (χ3n) is 3.56. The predicted octanol–water partition coefficient (Wildman–Crippen LogP) is 1.37. The minimum absolute atomic E-state index is 0.593. The number of hydrogen-bond donors (Lipinski definition) is 1. The molecule has 0 atom stereocenters. The largest absolute Gasteiger partial charge is 0.337 e. The van der Waals surface area contributed by atoms with Crippen molar-refractivity contribution in [3.05, 3.63) is 24.3 Å². The maximum absolute atomic E-state index is 4.75. The van der Waals surface area contributed by atoms with E-state index in [0.717, 1.165) is 31.1 Å². The molecule has 1 fully saturated rings. The van der Waals surface area contributed by atoms with E-state index in [1.807, 2.05) is 6.07 Å². The Morgan fingerprint density at radius 2 is 2.18 bits per heavy atom. The number of aromatic nitrogens is 2. The fraction of sp³-hybridized carbons (Fsp3) is 0.462. The molecule has 0 saturated carbocycles.